The zero-order chi connectivity index (χ0) is 33.9. The van der Waals surface area contributed by atoms with Crippen LogP contribution < -0.4 is 16.1 Å². The fourth-order valence-corrected chi connectivity index (χ4v) is 6.07. The Hall–Kier alpha value is -4.32. The molecule has 0 spiro atoms. The molecule has 0 aliphatic carbocycles. The van der Waals surface area contributed by atoms with Gasteiger partial charge in [0.1, 0.15) is 24.2 Å². The molecule has 1 unspecified atom stereocenters. The highest BCUT2D eigenvalue weighted by molar-refractivity contribution is 5.96. The average molecular weight is 647 g/mol. The molecule has 12 heteroatoms. The Morgan fingerprint density at radius 2 is 1.74 bits per heavy atom. The molecule has 4 atom stereocenters. The highest BCUT2D eigenvalue weighted by Crippen LogP contribution is 2.25. The van der Waals surface area contributed by atoms with Gasteiger partial charge in [0.2, 0.25) is 17.7 Å². The first-order chi connectivity index (χ1) is 22.3. The maximum atomic E-state index is 14.0. The predicted octanol–water partition coefficient (Wildman–Crippen LogP) is 3.03. The third-order valence-electron chi connectivity index (χ3n) is 9.15. The number of hydrazine groups is 1. The van der Waals surface area contributed by atoms with Gasteiger partial charge in [-0.05, 0) is 70.1 Å². The van der Waals surface area contributed by atoms with Crippen LogP contribution in [0.1, 0.15) is 84.1 Å². The summed E-state index contributed by atoms with van der Waals surface area (Å²) >= 11 is 0. The van der Waals surface area contributed by atoms with Gasteiger partial charge in [0.15, 0.2) is 0 Å². The first kappa shape index (κ1) is 34.0. The zero-order valence-electron chi connectivity index (χ0n) is 27.9. The second-order valence-corrected chi connectivity index (χ2v) is 13.7. The highest BCUT2D eigenvalue weighted by atomic mass is 16.5. The minimum absolute atomic E-state index is 0.238. The van der Waals surface area contributed by atoms with Crippen molar-refractivity contribution in [2.24, 2.45) is 11.3 Å². The van der Waals surface area contributed by atoms with Gasteiger partial charge in [0.05, 0.1) is 23.0 Å². The van der Waals surface area contributed by atoms with Gasteiger partial charge in [0, 0.05) is 25.0 Å². The number of aromatic nitrogens is 1. The molecule has 2 aromatic rings. The predicted molar refractivity (Wildman–Crippen MR) is 176 cm³/mol. The van der Waals surface area contributed by atoms with Crippen molar-refractivity contribution >= 4 is 46.6 Å². The summed E-state index contributed by atoms with van der Waals surface area (Å²) in [5.74, 6) is -2.55. The van der Waals surface area contributed by atoms with Crippen molar-refractivity contribution in [2.75, 3.05) is 19.6 Å². The fraction of sp³-hybridized carbons (Fsp3) is 0.543. The Kier molecular flexibility index (Phi) is 10.3. The molecule has 2 fully saturated rings. The normalized spacial score (nSPS) is 26.6. The number of hydrogen-bond acceptors (Lipinski definition) is 8. The van der Waals surface area contributed by atoms with E-state index in [0.29, 0.717) is 37.1 Å². The monoisotopic (exact) mass is 646 g/mol. The second kappa shape index (κ2) is 14.2. The molecule has 0 radical (unpaired) electrons. The molecule has 1 aromatic heterocycles. The number of fused-ring (bicyclic) bond motifs is 4. The molecule has 2 saturated heterocycles. The average Bonchev–Trinajstić information content (AvgIpc) is 3.60. The van der Waals surface area contributed by atoms with Crippen molar-refractivity contribution in [3.8, 4) is 0 Å². The lowest BCUT2D eigenvalue weighted by Gasteiger charge is -2.36. The lowest BCUT2D eigenvalue weighted by molar-refractivity contribution is -0.157. The summed E-state index contributed by atoms with van der Waals surface area (Å²) < 4.78 is 5.82. The summed E-state index contributed by atoms with van der Waals surface area (Å²) in [6, 6.07) is 6.52. The van der Waals surface area contributed by atoms with E-state index in [9.17, 15) is 24.0 Å². The minimum Gasteiger partial charge on any atom is -0.455 e. The summed E-state index contributed by atoms with van der Waals surface area (Å²) in [6.45, 7) is 10.4. The number of nitrogens with zero attached hydrogens (tertiary/aromatic N) is 3. The van der Waals surface area contributed by atoms with Crippen molar-refractivity contribution in [3.05, 3.63) is 47.7 Å². The topological polar surface area (TPSA) is 150 Å². The van der Waals surface area contributed by atoms with E-state index >= 15 is 0 Å². The van der Waals surface area contributed by atoms with Crippen LogP contribution in [0.5, 0.6) is 0 Å². The maximum Gasteiger partial charge on any atom is 0.325 e. The van der Waals surface area contributed by atoms with Gasteiger partial charge in [-0.3, -0.25) is 29.0 Å². The summed E-state index contributed by atoms with van der Waals surface area (Å²) in [5, 5.41) is 7.88. The molecule has 3 N–H and O–H groups in total. The standard InChI is InChI=1S/C35H46N6O6/c1-21(2)30-31(43)37-28(20-29(42)40-16-6-7-17-40)32(44)41-18-8-9-26(39-41)33(45)47-22(3)25-13-12-24-11-10-23(19-27(24)36-25)14-15-35(4,5)34(46)38-30/h10-15,19,21-22,26,28,30,39H,6-9,16-18,20H2,1-5H3,(H,37,43)(H,38,46)/b15-14+/t22-,26?,28+,30+/m1/s1. The smallest absolute Gasteiger partial charge is 0.325 e. The van der Waals surface area contributed by atoms with Crippen LogP contribution in [-0.2, 0) is 28.7 Å². The van der Waals surface area contributed by atoms with Crippen molar-refractivity contribution in [2.45, 2.75) is 91.0 Å². The number of carbonyl (C=O) groups is 5. The van der Waals surface area contributed by atoms with E-state index in [2.05, 4.69) is 16.1 Å². The van der Waals surface area contributed by atoms with Gasteiger partial charge in [-0.2, -0.15) is 0 Å². The van der Waals surface area contributed by atoms with Crippen LogP contribution in [0.4, 0.5) is 0 Å². The van der Waals surface area contributed by atoms with E-state index < -0.39 is 47.4 Å². The van der Waals surface area contributed by atoms with Crippen LogP contribution in [0.2, 0.25) is 0 Å². The molecule has 0 saturated carbocycles. The largest absolute Gasteiger partial charge is 0.455 e. The summed E-state index contributed by atoms with van der Waals surface area (Å²) in [7, 11) is 0. The summed E-state index contributed by atoms with van der Waals surface area (Å²) in [6.07, 6.45) is 5.43. The van der Waals surface area contributed by atoms with Crippen LogP contribution in [-0.4, -0.2) is 82.3 Å². The van der Waals surface area contributed by atoms with E-state index in [1.165, 1.54) is 5.01 Å². The second-order valence-electron chi connectivity index (χ2n) is 13.7. The molecule has 3 aliphatic rings. The van der Waals surface area contributed by atoms with Crippen LogP contribution in [0, 0.1) is 11.3 Å². The lowest BCUT2D eigenvalue weighted by atomic mass is 9.89. The molecule has 47 heavy (non-hydrogen) atoms. The number of cyclic esters (lactones) is 1. The number of pyridine rings is 1. The van der Waals surface area contributed by atoms with Crippen molar-refractivity contribution < 1.29 is 28.7 Å². The number of esters is 1. The van der Waals surface area contributed by atoms with Gasteiger partial charge < -0.3 is 20.3 Å². The molecule has 252 valence electrons. The van der Waals surface area contributed by atoms with Gasteiger partial charge >= 0.3 is 5.97 Å². The van der Waals surface area contributed by atoms with E-state index in [4.69, 9.17) is 9.72 Å². The lowest BCUT2D eigenvalue weighted by Crippen LogP contribution is -2.62. The Bertz CT molecular complexity index is 1560. The van der Waals surface area contributed by atoms with E-state index in [1.807, 2.05) is 36.4 Å². The van der Waals surface area contributed by atoms with Gasteiger partial charge in [-0.25, -0.2) is 10.4 Å². The fourth-order valence-electron chi connectivity index (χ4n) is 6.07. The quantitative estimate of drug-likeness (QED) is 0.431. The molecule has 4 amide bonds. The number of nitrogens with one attached hydrogen (secondary N) is 3. The number of amides is 4. The molecular weight excluding hydrogens is 600 g/mol. The van der Waals surface area contributed by atoms with E-state index in [-0.39, 0.29) is 30.7 Å². The van der Waals surface area contributed by atoms with Gasteiger partial charge in [-0.15, -0.1) is 0 Å². The van der Waals surface area contributed by atoms with Crippen molar-refractivity contribution in [3.63, 3.8) is 0 Å². The van der Waals surface area contributed by atoms with Gasteiger partial charge in [-0.1, -0.05) is 44.2 Å². The van der Waals surface area contributed by atoms with E-state index in [1.54, 1.807) is 45.6 Å². The number of likely N-dealkylation sites (tertiary alicyclic amines) is 1. The van der Waals surface area contributed by atoms with Crippen LogP contribution in [0.15, 0.2) is 36.4 Å². The van der Waals surface area contributed by atoms with Crippen LogP contribution >= 0.6 is 0 Å². The Morgan fingerprint density at radius 1 is 1.02 bits per heavy atom. The number of ether oxygens (including phenoxy) is 1. The Balaban J connectivity index is 1.50. The summed E-state index contributed by atoms with van der Waals surface area (Å²) in [4.78, 5) is 74.4. The molecule has 12 nitrogen and oxygen atoms in total. The number of rotatable bonds is 3. The van der Waals surface area contributed by atoms with Crippen molar-refractivity contribution in [1.82, 2.24) is 31.0 Å². The van der Waals surface area contributed by atoms with Crippen LogP contribution in [0.3, 0.4) is 0 Å². The molecule has 5 bridgehead atoms. The number of benzene rings is 1. The first-order valence-corrected chi connectivity index (χ1v) is 16.6. The molecule has 1 aromatic carbocycles. The first-order valence-electron chi connectivity index (χ1n) is 16.6. The number of hydrogen-bond donors (Lipinski definition) is 3. The highest BCUT2D eigenvalue weighted by Gasteiger charge is 2.38. The zero-order valence-corrected chi connectivity index (χ0v) is 27.9. The molecular formula is C35H46N6O6. The maximum absolute atomic E-state index is 14.0. The Morgan fingerprint density at radius 3 is 2.47 bits per heavy atom. The Labute approximate surface area is 275 Å². The van der Waals surface area contributed by atoms with Crippen LogP contribution in [0.25, 0.3) is 17.0 Å². The molecule has 5 rings (SSSR count). The minimum atomic E-state index is -1.21. The SMILES string of the molecule is CC(C)[C@@H]1NC(=O)C(C)(C)/C=C/c2ccc3ccc(nc3c2)[C@@H](C)OC(=O)C2CCCN(N2)C(=O)[C@H](CC(=O)N2CCCC2)NC1=O. The van der Waals surface area contributed by atoms with Crippen molar-refractivity contribution in [1.29, 1.82) is 0 Å². The van der Waals surface area contributed by atoms with E-state index in [0.717, 1.165) is 23.8 Å². The summed E-state index contributed by atoms with van der Waals surface area (Å²) in [5.41, 5.74) is 4.10. The molecule has 4 heterocycles. The number of carbonyl (C=O) groups excluding carboxylic acids is 5. The third-order valence-corrected chi connectivity index (χ3v) is 9.15. The van der Waals surface area contributed by atoms with Gasteiger partial charge in [0.25, 0.3) is 5.91 Å². The molecule has 3 aliphatic heterocycles. The third kappa shape index (κ3) is 7.98.